The van der Waals surface area contributed by atoms with Crippen LogP contribution in [0.1, 0.15) is 252 Å². The van der Waals surface area contributed by atoms with Crippen LogP contribution in [0.5, 0.6) is 0 Å². The predicted molar refractivity (Wildman–Crippen MR) is 242 cm³/mol. The number of allylic oxidation sites excluding steroid dienone is 6. The van der Waals surface area contributed by atoms with E-state index < -0.39 is 6.10 Å². The second-order valence-electron chi connectivity index (χ2n) is 16.4. The standard InChI is InChI=1S/C51H94O5/c1-4-7-10-13-16-19-21-23-25-27-29-31-34-37-40-43-46-54-47-49(56-51(53)45-42-39-36-32-18-15-12-9-6-3)48-55-50(52)44-41-38-35-33-30-28-26-24-22-20-17-14-11-8-5-2/h16,19,23-26,49H,4-15,17-18,20-22,27-48H2,1-3H3/b19-16-,25-23-,26-24-. The minimum atomic E-state index is -0.538. The van der Waals surface area contributed by atoms with Crippen molar-refractivity contribution in [2.24, 2.45) is 0 Å². The first-order valence-corrected chi connectivity index (χ1v) is 24.5. The van der Waals surface area contributed by atoms with Crippen molar-refractivity contribution in [3.05, 3.63) is 36.5 Å². The molecule has 0 saturated carbocycles. The van der Waals surface area contributed by atoms with Gasteiger partial charge in [0.05, 0.1) is 6.61 Å². The van der Waals surface area contributed by atoms with Crippen molar-refractivity contribution in [1.82, 2.24) is 0 Å². The van der Waals surface area contributed by atoms with Crippen LogP contribution >= 0.6 is 0 Å². The highest BCUT2D eigenvalue weighted by Crippen LogP contribution is 2.14. The SMILES string of the molecule is CCCCC/C=C\C/C=C\CCCCCCCCOCC(COC(=O)CCCCCCC/C=C\CCCCCCCC)OC(=O)CCCCCCCCCCC. The van der Waals surface area contributed by atoms with Crippen molar-refractivity contribution >= 4 is 11.9 Å². The Hall–Kier alpha value is -1.88. The Labute approximate surface area is 349 Å². The van der Waals surface area contributed by atoms with Gasteiger partial charge < -0.3 is 14.2 Å². The number of carbonyl (C=O) groups excluding carboxylic acids is 2. The summed E-state index contributed by atoms with van der Waals surface area (Å²) in [6.45, 7) is 7.78. The Balaban J connectivity index is 4.21. The second kappa shape index (κ2) is 47.5. The largest absolute Gasteiger partial charge is 0.462 e. The lowest BCUT2D eigenvalue weighted by molar-refractivity contribution is -0.163. The molecule has 0 heterocycles. The van der Waals surface area contributed by atoms with E-state index in [1.54, 1.807) is 0 Å². The first-order chi connectivity index (χ1) is 27.6. The van der Waals surface area contributed by atoms with E-state index in [0.717, 1.165) is 57.8 Å². The third-order valence-electron chi connectivity index (χ3n) is 10.6. The summed E-state index contributed by atoms with van der Waals surface area (Å²) in [5.41, 5.74) is 0. The summed E-state index contributed by atoms with van der Waals surface area (Å²) >= 11 is 0. The minimum absolute atomic E-state index is 0.0805. The molecule has 328 valence electrons. The van der Waals surface area contributed by atoms with Crippen LogP contribution < -0.4 is 0 Å². The van der Waals surface area contributed by atoms with Gasteiger partial charge in [0.2, 0.25) is 0 Å². The van der Waals surface area contributed by atoms with Gasteiger partial charge in [-0.2, -0.15) is 0 Å². The van der Waals surface area contributed by atoms with E-state index in [2.05, 4.69) is 57.2 Å². The van der Waals surface area contributed by atoms with Crippen LogP contribution in [-0.2, 0) is 23.8 Å². The summed E-state index contributed by atoms with van der Waals surface area (Å²) in [6, 6.07) is 0. The minimum Gasteiger partial charge on any atom is -0.462 e. The lowest BCUT2D eigenvalue weighted by Crippen LogP contribution is -2.30. The van der Waals surface area contributed by atoms with Gasteiger partial charge in [-0.25, -0.2) is 0 Å². The highest BCUT2D eigenvalue weighted by atomic mass is 16.6. The number of carbonyl (C=O) groups is 2. The fraction of sp³-hybridized carbons (Fsp3) is 0.843. The summed E-state index contributed by atoms with van der Waals surface area (Å²) in [5.74, 6) is -0.406. The fourth-order valence-electron chi connectivity index (χ4n) is 6.95. The number of ether oxygens (including phenoxy) is 3. The molecule has 0 aliphatic rings. The van der Waals surface area contributed by atoms with Crippen LogP contribution in [0.3, 0.4) is 0 Å². The summed E-state index contributed by atoms with van der Waals surface area (Å²) in [5, 5.41) is 0. The van der Waals surface area contributed by atoms with Crippen molar-refractivity contribution in [1.29, 1.82) is 0 Å². The van der Waals surface area contributed by atoms with Crippen molar-refractivity contribution < 1.29 is 23.8 Å². The van der Waals surface area contributed by atoms with E-state index >= 15 is 0 Å². The molecular formula is C51H94O5. The van der Waals surface area contributed by atoms with Crippen LogP contribution in [0.2, 0.25) is 0 Å². The Morgan fingerprint density at radius 1 is 0.393 bits per heavy atom. The molecule has 0 amide bonds. The molecule has 5 nitrogen and oxygen atoms in total. The maximum absolute atomic E-state index is 12.7. The topological polar surface area (TPSA) is 61.8 Å². The molecule has 0 saturated heterocycles. The third-order valence-corrected chi connectivity index (χ3v) is 10.6. The Kier molecular flexibility index (Phi) is 45.9. The van der Waals surface area contributed by atoms with Crippen molar-refractivity contribution in [2.75, 3.05) is 19.8 Å². The molecule has 0 aliphatic carbocycles. The van der Waals surface area contributed by atoms with Crippen LogP contribution in [0.15, 0.2) is 36.5 Å². The molecule has 0 aromatic rings. The first-order valence-electron chi connectivity index (χ1n) is 24.5. The van der Waals surface area contributed by atoms with Crippen LogP contribution in [0, 0.1) is 0 Å². The molecule has 1 unspecified atom stereocenters. The van der Waals surface area contributed by atoms with Crippen LogP contribution in [0.25, 0.3) is 0 Å². The lowest BCUT2D eigenvalue weighted by atomic mass is 10.1. The van der Waals surface area contributed by atoms with E-state index in [9.17, 15) is 9.59 Å². The molecule has 0 aromatic carbocycles. The Morgan fingerprint density at radius 2 is 0.750 bits per heavy atom. The molecule has 0 radical (unpaired) electrons. The van der Waals surface area contributed by atoms with E-state index in [1.165, 1.54) is 161 Å². The summed E-state index contributed by atoms with van der Waals surface area (Å²) in [7, 11) is 0. The summed E-state index contributed by atoms with van der Waals surface area (Å²) in [6.07, 6.45) is 55.7. The van der Waals surface area contributed by atoms with E-state index in [1.807, 2.05) is 0 Å². The number of hydrogen-bond donors (Lipinski definition) is 0. The predicted octanol–water partition coefficient (Wildman–Crippen LogP) is 16.2. The zero-order valence-corrected chi connectivity index (χ0v) is 37.7. The Bertz CT molecular complexity index is 893. The summed E-state index contributed by atoms with van der Waals surface area (Å²) < 4.78 is 17.3. The van der Waals surface area contributed by atoms with Crippen LogP contribution in [-0.4, -0.2) is 37.9 Å². The lowest BCUT2D eigenvalue weighted by Gasteiger charge is -2.18. The molecule has 0 rings (SSSR count). The van der Waals surface area contributed by atoms with Crippen molar-refractivity contribution in [3.8, 4) is 0 Å². The number of unbranched alkanes of at least 4 members (excludes halogenated alkanes) is 28. The van der Waals surface area contributed by atoms with Gasteiger partial charge in [0.15, 0.2) is 6.10 Å². The third kappa shape index (κ3) is 44.8. The monoisotopic (exact) mass is 787 g/mol. The second-order valence-corrected chi connectivity index (χ2v) is 16.4. The van der Waals surface area contributed by atoms with E-state index in [-0.39, 0.29) is 25.2 Å². The normalized spacial score (nSPS) is 12.4. The van der Waals surface area contributed by atoms with E-state index in [4.69, 9.17) is 14.2 Å². The molecule has 0 fully saturated rings. The summed E-state index contributed by atoms with van der Waals surface area (Å²) in [4.78, 5) is 25.2. The highest BCUT2D eigenvalue weighted by molar-refractivity contribution is 5.70. The number of esters is 2. The smallest absolute Gasteiger partial charge is 0.306 e. The molecule has 5 heteroatoms. The van der Waals surface area contributed by atoms with Gasteiger partial charge >= 0.3 is 11.9 Å². The van der Waals surface area contributed by atoms with Gasteiger partial charge in [-0.15, -0.1) is 0 Å². The average molecular weight is 787 g/mol. The Morgan fingerprint density at radius 3 is 1.23 bits per heavy atom. The van der Waals surface area contributed by atoms with Crippen LogP contribution in [0.4, 0.5) is 0 Å². The zero-order chi connectivity index (χ0) is 40.7. The molecule has 0 N–H and O–H groups in total. The maximum atomic E-state index is 12.7. The zero-order valence-electron chi connectivity index (χ0n) is 37.7. The van der Waals surface area contributed by atoms with Crippen molar-refractivity contribution in [2.45, 2.75) is 258 Å². The van der Waals surface area contributed by atoms with Gasteiger partial charge in [0.25, 0.3) is 0 Å². The van der Waals surface area contributed by atoms with Gasteiger partial charge in [0.1, 0.15) is 6.61 Å². The molecule has 0 spiro atoms. The van der Waals surface area contributed by atoms with E-state index in [0.29, 0.717) is 19.4 Å². The molecule has 0 bridgehead atoms. The maximum Gasteiger partial charge on any atom is 0.306 e. The van der Waals surface area contributed by atoms with Crippen molar-refractivity contribution in [3.63, 3.8) is 0 Å². The average Bonchev–Trinajstić information content (AvgIpc) is 3.20. The molecule has 56 heavy (non-hydrogen) atoms. The van der Waals surface area contributed by atoms with Gasteiger partial charge in [0, 0.05) is 19.4 Å². The van der Waals surface area contributed by atoms with Gasteiger partial charge in [-0.3, -0.25) is 9.59 Å². The molecular weight excluding hydrogens is 693 g/mol. The van der Waals surface area contributed by atoms with Gasteiger partial charge in [-0.05, 0) is 77.0 Å². The number of hydrogen-bond acceptors (Lipinski definition) is 5. The van der Waals surface area contributed by atoms with Gasteiger partial charge in [-0.1, -0.05) is 198 Å². The highest BCUT2D eigenvalue weighted by Gasteiger charge is 2.17. The quantitative estimate of drug-likeness (QED) is 0.0349. The first kappa shape index (κ1) is 54.1. The molecule has 0 aliphatic heterocycles. The number of rotatable bonds is 45. The fourth-order valence-corrected chi connectivity index (χ4v) is 6.95. The molecule has 1 atom stereocenters. The molecule has 0 aromatic heterocycles.